The topological polar surface area (TPSA) is 82.1 Å². The van der Waals surface area contributed by atoms with Crippen LogP contribution in [0.15, 0.2) is 48.8 Å². The van der Waals surface area contributed by atoms with Crippen molar-refractivity contribution in [2.45, 2.75) is 39.9 Å². The van der Waals surface area contributed by atoms with E-state index in [0.29, 0.717) is 41.7 Å². The number of halogens is 3. The summed E-state index contributed by atoms with van der Waals surface area (Å²) in [5.41, 5.74) is 2.78. The fourth-order valence-electron chi connectivity index (χ4n) is 5.29. The van der Waals surface area contributed by atoms with Gasteiger partial charge in [-0.25, -0.2) is 9.97 Å². The van der Waals surface area contributed by atoms with E-state index in [-0.39, 0.29) is 17.7 Å². The molecular formula is C33H36F3N7O. The summed E-state index contributed by atoms with van der Waals surface area (Å²) >= 11 is 0. The van der Waals surface area contributed by atoms with Crippen molar-refractivity contribution in [3.05, 3.63) is 88.0 Å². The highest BCUT2D eigenvalue weighted by molar-refractivity contribution is 6.04. The van der Waals surface area contributed by atoms with Crippen LogP contribution in [0.1, 0.15) is 57.3 Å². The number of imidazole rings is 2. The van der Waals surface area contributed by atoms with Crippen molar-refractivity contribution in [2.75, 3.05) is 38.0 Å². The summed E-state index contributed by atoms with van der Waals surface area (Å²) in [4.78, 5) is 29.5. The van der Waals surface area contributed by atoms with Crippen LogP contribution in [0.2, 0.25) is 0 Å². The molecule has 0 atom stereocenters. The van der Waals surface area contributed by atoms with Gasteiger partial charge in [-0.05, 0) is 68.1 Å². The van der Waals surface area contributed by atoms with Crippen molar-refractivity contribution in [2.24, 2.45) is 7.05 Å². The smallest absolute Gasteiger partial charge is 0.340 e. The van der Waals surface area contributed by atoms with Crippen LogP contribution in [0.5, 0.6) is 0 Å². The number of amides is 1. The molecule has 3 heterocycles. The summed E-state index contributed by atoms with van der Waals surface area (Å²) in [6, 6.07) is 9.05. The molecule has 1 aliphatic heterocycles. The lowest BCUT2D eigenvalue weighted by atomic mass is 10.0. The average Bonchev–Trinajstić information content (AvgIpc) is 3.58. The Bertz CT molecular complexity index is 1700. The molecule has 1 aliphatic rings. The van der Waals surface area contributed by atoms with Crippen LogP contribution >= 0.6 is 0 Å². The first kappa shape index (κ1) is 31.0. The zero-order valence-electron chi connectivity index (χ0n) is 25.3. The Morgan fingerprint density at radius 1 is 1.05 bits per heavy atom. The Hall–Kier alpha value is -4.40. The number of rotatable bonds is 7. The second kappa shape index (κ2) is 13.1. The van der Waals surface area contributed by atoms with Gasteiger partial charge >= 0.3 is 6.18 Å². The molecule has 1 saturated heterocycles. The predicted octanol–water partition coefficient (Wildman–Crippen LogP) is 5.63. The maximum atomic E-state index is 14.1. The molecule has 8 nitrogen and oxygen atoms in total. The number of benzene rings is 2. The number of aromatic amines is 1. The minimum absolute atomic E-state index is 0.0590. The maximum absolute atomic E-state index is 14.1. The molecule has 1 amide bonds. The number of carbonyl (C=O) groups excluding carboxylic acids is 1. The number of nitrogens with zero attached hydrogens (tertiary/aromatic N) is 5. The predicted molar refractivity (Wildman–Crippen MR) is 164 cm³/mol. The summed E-state index contributed by atoms with van der Waals surface area (Å²) < 4.78 is 44.1. The molecule has 11 heteroatoms. The second-order valence-corrected chi connectivity index (χ2v) is 11.2. The Labute approximate surface area is 255 Å². The van der Waals surface area contributed by atoms with E-state index in [1.165, 1.54) is 12.1 Å². The van der Waals surface area contributed by atoms with Crippen LogP contribution in [0, 0.1) is 25.7 Å². The first-order chi connectivity index (χ1) is 21.0. The highest BCUT2D eigenvalue weighted by Gasteiger charge is 2.34. The van der Waals surface area contributed by atoms with Crippen molar-refractivity contribution in [3.8, 4) is 23.5 Å². The molecule has 230 valence electrons. The van der Waals surface area contributed by atoms with Crippen molar-refractivity contribution in [3.63, 3.8) is 0 Å². The summed E-state index contributed by atoms with van der Waals surface area (Å²) in [5, 5.41) is 2.74. The van der Waals surface area contributed by atoms with Crippen molar-refractivity contribution < 1.29 is 18.0 Å². The van der Waals surface area contributed by atoms with E-state index in [4.69, 9.17) is 0 Å². The Kier molecular flexibility index (Phi) is 9.22. The zero-order chi connectivity index (χ0) is 31.4. The minimum Gasteiger partial charge on any atom is -0.340 e. The summed E-state index contributed by atoms with van der Waals surface area (Å²) in [6.07, 6.45) is 0.00391. The Morgan fingerprint density at radius 2 is 1.80 bits per heavy atom. The molecule has 0 radical (unpaired) electrons. The third-order valence-electron chi connectivity index (χ3n) is 7.69. The fraction of sp³-hybridized carbons (Fsp3) is 0.364. The number of H-pyrrole nitrogens is 1. The van der Waals surface area contributed by atoms with E-state index in [1.807, 2.05) is 30.4 Å². The number of hydrogen-bond donors (Lipinski definition) is 2. The largest absolute Gasteiger partial charge is 0.416 e. The van der Waals surface area contributed by atoms with Crippen LogP contribution < -0.4 is 5.32 Å². The number of aryl methyl sites for hydroxylation is 3. The summed E-state index contributed by atoms with van der Waals surface area (Å²) in [7, 11) is 1.86. The highest BCUT2D eigenvalue weighted by atomic mass is 19.4. The fourth-order valence-corrected chi connectivity index (χ4v) is 5.29. The molecule has 44 heavy (non-hydrogen) atoms. The number of nitrogens with one attached hydrogen (secondary N) is 2. The molecule has 0 unspecified atom stereocenters. The van der Waals surface area contributed by atoms with Gasteiger partial charge in [-0.15, -0.1) is 0 Å². The third kappa shape index (κ3) is 7.38. The van der Waals surface area contributed by atoms with Crippen LogP contribution in [-0.4, -0.2) is 67.9 Å². The lowest BCUT2D eigenvalue weighted by molar-refractivity contribution is -0.138. The highest BCUT2D eigenvalue weighted by Crippen LogP contribution is 2.34. The van der Waals surface area contributed by atoms with Crippen LogP contribution in [-0.2, 0) is 19.8 Å². The summed E-state index contributed by atoms with van der Waals surface area (Å²) in [6.45, 7) is 10.2. The molecule has 2 aromatic carbocycles. The normalized spacial score (nSPS) is 14.3. The first-order valence-electron chi connectivity index (χ1n) is 14.6. The number of piperazine rings is 1. The first-order valence-corrected chi connectivity index (χ1v) is 14.6. The Balaban J connectivity index is 1.30. The van der Waals surface area contributed by atoms with Crippen LogP contribution in [0.4, 0.5) is 18.9 Å². The zero-order valence-corrected chi connectivity index (χ0v) is 25.3. The molecule has 2 aromatic heterocycles. The van der Waals surface area contributed by atoms with Gasteiger partial charge in [0.05, 0.1) is 5.56 Å². The van der Waals surface area contributed by atoms with Crippen LogP contribution in [0.25, 0.3) is 11.6 Å². The molecule has 0 saturated carbocycles. The molecule has 0 aliphatic carbocycles. The van der Waals surface area contributed by atoms with Gasteiger partial charge in [0.1, 0.15) is 5.69 Å². The second-order valence-electron chi connectivity index (χ2n) is 11.2. The standard InChI is InChI=1S/C33H36F3N7O/c1-5-12-42-13-15-43(16-14-42)20-26-8-7-25(18-29(26)33(34,35)36)32(44)40-27-10-6-22(2)24(17-27)9-11-28-21-41(4)31(39-28)30-37-19-23(3)38-30/h6-8,10,17-19,21H,5,12-16,20H2,1-4H3,(H,37,38)(H,40,44). The Morgan fingerprint density at radius 3 is 2.48 bits per heavy atom. The molecule has 2 N–H and O–H groups in total. The molecule has 1 fully saturated rings. The lowest BCUT2D eigenvalue weighted by Gasteiger charge is -2.35. The van der Waals surface area contributed by atoms with Gasteiger partial charge in [-0.3, -0.25) is 9.69 Å². The monoisotopic (exact) mass is 603 g/mol. The number of hydrogen-bond acceptors (Lipinski definition) is 5. The van der Waals surface area contributed by atoms with E-state index in [0.717, 1.165) is 43.4 Å². The van der Waals surface area contributed by atoms with E-state index in [9.17, 15) is 18.0 Å². The quantitative estimate of drug-likeness (QED) is 0.268. The van der Waals surface area contributed by atoms with Gasteiger partial charge in [-0.1, -0.05) is 25.0 Å². The average molecular weight is 604 g/mol. The van der Waals surface area contributed by atoms with E-state index in [2.05, 4.69) is 43.9 Å². The van der Waals surface area contributed by atoms with E-state index < -0.39 is 17.6 Å². The van der Waals surface area contributed by atoms with Gasteiger partial charge in [0.2, 0.25) is 0 Å². The maximum Gasteiger partial charge on any atom is 0.416 e. The lowest BCUT2D eigenvalue weighted by Crippen LogP contribution is -2.46. The van der Waals surface area contributed by atoms with E-state index in [1.54, 1.807) is 30.6 Å². The molecule has 4 aromatic rings. The third-order valence-corrected chi connectivity index (χ3v) is 7.69. The van der Waals surface area contributed by atoms with Gasteiger partial charge in [-0.2, -0.15) is 13.2 Å². The molecule has 0 bridgehead atoms. The number of alkyl halides is 3. The minimum atomic E-state index is -4.58. The van der Waals surface area contributed by atoms with Crippen molar-refractivity contribution >= 4 is 11.6 Å². The van der Waals surface area contributed by atoms with Crippen molar-refractivity contribution in [1.29, 1.82) is 0 Å². The number of carbonyl (C=O) groups is 1. The van der Waals surface area contributed by atoms with Gasteiger partial charge < -0.3 is 19.8 Å². The van der Waals surface area contributed by atoms with Gasteiger partial charge in [0.15, 0.2) is 11.6 Å². The SMILES string of the molecule is CCCN1CCN(Cc2ccc(C(=O)Nc3ccc(C)c(C#Cc4cn(C)c(-c5ncc(C)[nH]5)n4)c3)cc2C(F)(F)F)CC1. The van der Waals surface area contributed by atoms with Gasteiger partial charge in [0.25, 0.3) is 5.91 Å². The van der Waals surface area contributed by atoms with Gasteiger partial charge in [0, 0.05) is 74.7 Å². The summed E-state index contributed by atoms with van der Waals surface area (Å²) in [5.74, 6) is 6.83. The number of aromatic nitrogens is 4. The molecular weight excluding hydrogens is 567 g/mol. The van der Waals surface area contributed by atoms with E-state index >= 15 is 0 Å². The molecule has 5 rings (SSSR count). The van der Waals surface area contributed by atoms with Crippen LogP contribution in [0.3, 0.4) is 0 Å². The molecule has 0 spiro atoms. The van der Waals surface area contributed by atoms with Crippen molar-refractivity contribution in [1.82, 2.24) is 29.3 Å². The number of anilines is 1.